The summed E-state index contributed by atoms with van der Waals surface area (Å²) in [5, 5.41) is 14.5. The van der Waals surface area contributed by atoms with Gasteiger partial charge in [-0.05, 0) is 32.3 Å². The van der Waals surface area contributed by atoms with Gasteiger partial charge < -0.3 is 10.4 Å². The van der Waals surface area contributed by atoms with Crippen LogP contribution in [0.25, 0.3) is 0 Å². The highest BCUT2D eigenvalue weighted by Crippen LogP contribution is 2.28. The van der Waals surface area contributed by atoms with Crippen LogP contribution in [0.5, 0.6) is 0 Å². The topological polar surface area (TPSA) is 45.1 Å². The molecule has 0 fully saturated rings. The summed E-state index contributed by atoms with van der Waals surface area (Å²) in [7, 11) is 0. The number of thiazole rings is 1. The molecular weight excluding hydrogens is 306 g/mol. The minimum absolute atomic E-state index is 0.0861. The van der Waals surface area contributed by atoms with Crippen molar-refractivity contribution in [1.82, 2.24) is 10.3 Å². The zero-order valence-corrected chi connectivity index (χ0v) is 13.1. The van der Waals surface area contributed by atoms with Crippen molar-refractivity contribution in [2.75, 3.05) is 6.54 Å². The second kappa shape index (κ2) is 6.02. The summed E-state index contributed by atoms with van der Waals surface area (Å²) in [6.07, 6.45) is 3.33. The van der Waals surface area contributed by atoms with Gasteiger partial charge in [-0.25, -0.2) is 13.8 Å². The number of nitrogens with zero attached hydrogens (tertiary/aromatic N) is 1. The van der Waals surface area contributed by atoms with E-state index < -0.39 is 17.2 Å². The Kier molecular flexibility index (Phi) is 4.25. The maximum absolute atomic E-state index is 13.8. The molecule has 1 atom stereocenters. The van der Waals surface area contributed by atoms with Gasteiger partial charge in [-0.2, -0.15) is 0 Å². The Balaban J connectivity index is 1.61. The fourth-order valence-electron chi connectivity index (χ4n) is 2.75. The van der Waals surface area contributed by atoms with Crippen LogP contribution in [0.4, 0.5) is 8.78 Å². The molecule has 3 rings (SSSR count). The lowest BCUT2D eigenvalue weighted by molar-refractivity contribution is 0.0528. The minimum atomic E-state index is -1.40. The number of hydrogen-bond donors (Lipinski definition) is 2. The molecule has 1 aliphatic rings. The van der Waals surface area contributed by atoms with Crippen LogP contribution in [-0.2, 0) is 25.0 Å². The van der Waals surface area contributed by atoms with Crippen molar-refractivity contribution in [3.63, 3.8) is 0 Å². The number of rotatable bonds is 5. The van der Waals surface area contributed by atoms with Crippen molar-refractivity contribution in [3.05, 3.63) is 51.0 Å². The van der Waals surface area contributed by atoms with Gasteiger partial charge in [0, 0.05) is 29.6 Å². The standard InChI is InChI=1S/C16H18F2N2OS/c1-16(21,11-6-5-10(17)7-12(11)18)9-19-8-15-20-13-3-2-4-14(13)22-15/h5-7,19,21H,2-4,8-9H2,1H3. The van der Waals surface area contributed by atoms with E-state index in [1.807, 2.05) is 0 Å². The molecule has 2 N–H and O–H groups in total. The summed E-state index contributed by atoms with van der Waals surface area (Å²) in [5.74, 6) is -1.39. The normalized spacial score (nSPS) is 16.5. The van der Waals surface area contributed by atoms with Crippen LogP contribution in [0.15, 0.2) is 18.2 Å². The third-order valence-corrected chi connectivity index (χ3v) is 5.05. The van der Waals surface area contributed by atoms with Crippen molar-refractivity contribution in [3.8, 4) is 0 Å². The average Bonchev–Trinajstić information content (AvgIpc) is 2.98. The number of halogens is 2. The number of aromatic nitrogens is 1. The van der Waals surface area contributed by atoms with Gasteiger partial charge in [-0.3, -0.25) is 0 Å². The molecule has 1 aromatic carbocycles. The Morgan fingerprint density at radius 1 is 1.36 bits per heavy atom. The van der Waals surface area contributed by atoms with Gasteiger partial charge in [0.25, 0.3) is 0 Å². The predicted octanol–water partition coefficient (Wildman–Crippen LogP) is 2.91. The lowest BCUT2D eigenvalue weighted by Crippen LogP contribution is -2.36. The molecule has 0 bridgehead atoms. The predicted molar refractivity (Wildman–Crippen MR) is 81.8 cm³/mol. The third kappa shape index (κ3) is 3.19. The van der Waals surface area contributed by atoms with Gasteiger partial charge in [0.2, 0.25) is 0 Å². The van der Waals surface area contributed by atoms with Crippen molar-refractivity contribution in [2.45, 2.75) is 38.3 Å². The molecule has 0 spiro atoms. The highest BCUT2D eigenvalue weighted by atomic mass is 32.1. The zero-order valence-electron chi connectivity index (χ0n) is 12.3. The molecule has 0 saturated heterocycles. The Hall–Kier alpha value is -1.37. The monoisotopic (exact) mass is 324 g/mol. The molecule has 1 aliphatic carbocycles. The van der Waals surface area contributed by atoms with Gasteiger partial charge in [-0.1, -0.05) is 6.07 Å². The first kappa shape index (κ1) is 15.5. The number of benzene rings is 1. The smallest absolute Gasteiger partial charge is 0.132 e. The molecule has 0 saturated carbocycles. The number of nitrogens with one attached hydrogen (secondary N) is 1. The Morgan fingerprint density at radius 3 is 2.91 bits per heavy atom. The zero-order chi connectivity index (χ0) is 15.7. The van der Waals surface area contributed by atoms with E-state index in [0.717, 1.165) is 30.0 Å². The summed E-state index contributed by atoms with van der Waals surface area (Å²) in [4.78, 5) is 5.92. The number of aliphatic hydroxyl groups is 1. The first-order valence-electron chi connectivity index (χ1n) is 7.32. The lowest BCUT2D eigenvalue weighted by Gasteiger charge is -2.24. The minimum Gasteiger partial charge on any atom is -0.384 e. The molecule has 0 amide bonds. The Bertz CT molecular complexity index is 663. The van der Waals surface area contributed by atoms with Gasteiger partial charge in [0.15, 0.2) is 0 Å². The second-order valence-corrected chi connectivity index (χ2v) is 7.00. The summed E-state index contributed by atoms with van der Waals surface area (Å²) in [6.45, 7) is 2.22. The fourth-order valence-corrected chi connectivity index (χ4v) is 3.88. The molecule has 1 heterocycles. The molecule has 2 aromatic rings. The summed E-state index contributed by atoms with van der Waals surface area (Å²) in [6, 6.07) is 3.22. The molecule has 22 heavy (non-hydrogen) atoms. The highest BCUT2D eigenvalue weighted by molar-refractivity contribution is 7.11. The molecule has 1 unspecified atom stereocenters. The van der Waals surface area contributed by atoms with Crippen LogP contribution in [0.1, 0.15) is 34.5 Å². The molecular formula is C16H18F2N2OS. The largest absolute Gasteiger partial charge is 0.384 e. The van der Waals surface area contributed by atoms with E-state index in [2.05, 4.69) is 10.3 Å². The van der Waals surface area contributed by atoms with E-state index in [9.17, 15) is 13.9 Å². The van der Waals surface area contributed by atoms with Crippen LogP contribution < -0.4 is 5.32 Å². The molecule has 1 aromatic heterocycles. The third-order valence-electron chi connectivity index (χ3n) is 3.90. The number of fused-ring (bicyclic) bond motifs is 1. The number of aryl methyl sites for hydroxylation is 2. The van der Waals surface area contributed by atoms with Crippen molar-refractivity contribution in [1.29, 1.82) is 0 Å². The van der Waals surface area contributed by atoms with Crippen molar-refractivity contribution < 1.29 is 13.9 Å². The van der Waals surface area contributed by atoms with Crippen LogP contribution in [-0.4, -0.2) is 16.6 Å². The van der Waals surface area contributed by atoms with E-state index in [-0.39, 0.29) is 12.1 Å². The summed E-state index contributed by atoms with van der Waals surface area (Å²) < 4.78 is 26.7. The SMILES string of the molecule is CC(O)(CNCc1nc2c(s1)CCC2)c1ccc(F)cc1F. The van der Waals surface area contributed by atoms with Gasteiger partial charge in [0.05, 0.1) is 5.69 Å². The molecule has 6 heteroatoms. The Morgan fingerprint density at radius 2 is 2.18 bits per heavy atom. The fraction of sp³-hybridized carbons (Fsp3) is 0.438. The first-order valence-corrected chi connectivity index (χ1v) is 8.13. The van der Waals surface area contributed by atoms with Crippen LogP contribution in [0.3, 0.4) is 0 Å². The van der Waals surface area contributed by atoms with Crippen molar-refractivity contribution in [2.24, 2.45) is 0 Å². The highest BCUT2D eigenvalue weighted by Gasteiger charge is 2.26. The molecule has 0 aliphatic heterocycles. The maximum Gasteiger partial charge on any atom is 0.132 e. The van der Waals surface area contributed by atoms with E-state index in [0.29, 0.717) is 6.54 Å². The van der Waals surface area contributed by atoms with E-state index in [1.165, 1.54) is 30.0 Å². The molecule has 118 valence electrons. The van der Waals surface area contributed by atoms with E-state index in [1.54, 1.807) is 11.3 Å². The quantitative estimate of drug-likeness (QED) is 0.889. The molecule has 3 nitrogen and oxygen atoms in total. The molecule has 0 radical (unpaired) electrons. The van der Waals surface area contributed by atoms with Crippen LogP contribution >= 0.6 is 11.3 Å². The van der Waals surface area contributed by atoms with Gasteiger partial charge in [0.1, 0.15) is 22.2 Å². The average molecular weight is 324 g/mol. The van der Waals surface area contributed by atoms with Gasteiger partial charge in [-0.15, -0.1) is 11.3 Å². The van der Waals surface area contributed by atoms with Crippen molar-refractivity contribution >= 4 is 11.3 Å². The lowest BCUT2D eigenvalue weighted by atomic mass is 9.95. The first-order chi connectivity index (χ1) is 10.5. The van der Waals surface area contributed by atoms with E-state index in [4.69, 9.17) is 0 Å². The van der Waals surface area contributed by atoms with Crippen LogP contribution in [0.2, 0.25) is 0 Å². The number of hydrogen-bond acceptors (Lipinski definition) is 4. The maximum atomic E-state index is 13.8. The van der Waals surface area contributed by atoms with Crippen LogP contribution in [0, 0.1) is 11.6 Å². The second-order valence-electron chi connectivity index (χ2n) is 5.83. The van der Waals surface area contributed by atoms with E-state index >= 15 is 0 Å². The van der Waals surface area contributed by atoms with Gasteiger partial charge >= 0.3 is 0 Å². The summed E-state index contributed by atoms with van der Waals surface area (Å²) in [5.41, 5.74) is -0.126. The Labute approximate surface area is 132 Å². The summed E-state index contributed by atoms with van der Waals surface area (Å²) >= 11 is 1.69.